The van der Waals surface area contributed by atoms with Gasteiger partial charge < -0.3 is 10.1 Å². The molecule has 0 aliphatic carbocycles. The summed E-state index contributed by atoms with van der Waals surface area (Å²) in [6, 6.07) is 5.47. The highest BCUT2D eigenvalue weighted by molar-refractivity contribution is 7.80. The normalized spacial score (nSPS) is 15.3. The summed E-state index contributed by atoms with van der Waals surface area (Å²) in [7, 11) is 1.35. The van der Waals surface area contributed by atoms with Crippen LogP contribution in [0.1, 0.15) is 25.3 Å². The number of benzene rings is 1. The lowest BCUT2D eigenvalue weighted by Crippen LogP contribution is -2.48. The zero-order valence-electron chi connectivity index (χ0n) is 13.2. The molecule has 1 aromatic carbocycles. The Morgan fingerprint density at radius 1 is 1.48 bits per heavy atom. The molecule has 0 saturated carbocycles. The predicted octanol–water partition coefficient (Wildman–Crippen LogP) is 3.21. The highest BCUT2D eigenvalue weighted by Gasteiger charge is 2.13. The number of carbonyl (C=O) groups is 1. The van der Waals surface area contributed by atoms with E-state index in [4.69, 9.17) is 28.6 Å². The van der Waals surface area contributed by atoms with Crippen LogP contribution in [0.2, 0.25) is 5.02 Å². The molecule has 1 fully saturated rings. The molecule has 0 radical (unpaired) electrons. The van der Waals surface area contributed by atoms with Crippen molar-refractivity contribution in [2.45, 2.75) is 19.8 Å². The average Bonchev–Trinajstić information content (AvgIpc) is 2.57. The van der Waals surface area contributed by atoms with E-state index in [9.17, 15) is 4.79 Å². The van der Waals surface area contributed by atoms with Crippen molar-refractivity contribution in [3.8, 4) is 0 Å². The van der Waals surface area contributed by atoms with E-state index < -0.39 is 0 Å². The number of thiocarbonyl (C=S) groups is 1. The molecule has 0 atom stereocenters. The maximum absolute atomic E-state index is 11.5. The summed E-state index contributed by atoms with van der Waals surface area (Å²) >= 11 is 11.6. The molecule has 1 aromatic rings. The van der Waals surface area contributed by atoms with Crippen molar-refractivity contribution in [1.29, 1.82) is 0 Å². The molecule has 23 heavy (non-hydrogen) atoms. The first-order chi connectivity index (χ1) is 11.0. The Hall–Kier alpha value is -1.63. The first kappa shape index (κ1) is 17.7. The summed E-state index contributed by atoms with van der Waals surface area (Å²) < 4.78 is 4.70. The summed E-state index contributed by atoms with van der Waals surface area (Å²) in [6.45, 7) is 3.49. The van der Waals surface area contributed by atoms with Crippen molar-refractivity contribution >= 4 is 46.7 Å². The van der Waals surface area contributed by atoms with Crippen LogP contribution >= 0.6 is 23.8 Å². The lowest BCUT2D eigenvalue weighted by atomic mass is 10.1. The Labute approximate surface area is 146 Å². The van der Waals surface area contributed by atoms with Crippen LogP contribution in [0.4, 0.5) is 5.69 Å². The van der Waals surface area contributed by atoms with Gasteiger partial charge in [-0.25, -0.2) is 10.2 Å². The second-order valence-corrected chi connectivity index (χ2v) is 6.05. The van der Waals surface area contributed by atoms with Gasteiger partial charge in [0.15, 0.2) is 5.11 Å². The fraction of sp³-hybridized carbons (Fsp3) is 0.375. The van der Waals surface area contributed by atoms with Crippen LogP contribution in [0.15, 0.2) is 23.8 Å². The lowest BCUT2D eigenvalue weighted by Gasteiger charge is -2.30. The fourth-order valence-electron chi connectivity index (χ4n) is 2.24. The molecule has 1 aliphatic heterocycles. The van der Waals surface area contributed by atoms with Crippen LogP contribution in [-0.2, 0) is 9.53 Å². The van der Waals surface area contributed by atoms with Gasteiger partial charge in [-0.1, -0.05) is 11.6 Å². The number of methoxy groups -OCH3 is 1. The molecular weight excluding hydrogens is 334 g/mol. The van der Waals surface area contributed by atoms with Gasteiger partial charge in [-0.15, -0.1) is 0 Å². The quantitative estimate of drug-likeness (QED) is 0.494. The number of hydrazine groups is 1. The topological polar surface area (TPSA) is 53.6 Å². The molecule has 124 valence electrons. The minimum atomic E-state index is -0.382. The molecule has 7 heteroatoms. The molecule has 0 bridgehead atoms. The Morgan fingerprint density at radius 3 is 2.91 bits per heavy atom. The molecule has 0 unspecified atom stereocenters. The van der Waals surface area contributed by atoms with Crippen molar-refractivity contribution < 1.29 is 9.53 Å². The Balaban J connectivity index is 2.13. The largest absolute Gasteiger partial charge is 0.466 e. The fourth-order valence-corrected chi connectivity index (χ4v) is 2.68. The SMILES string of the molecule is COC(=O)/C(C)=C/c1cc(NC(=S)N2CCCCN2)ccc1Cl. The van der Waals surface area contributed by atoms with Crippen molar-refractivity contribution in [3.63, 3.8) is 0 Å². The third-order valence-corrected chi connectivity index (χ3v) is 4.15. The molecule has 1 aliphatic rings. The highest BCUT2D eigenvalue weighted by Crippen LogP contribution is 2.23. The number of rotatable bonds is 3. The van der Waals surface area contributed by atoms with E-state index >= 15 is 0 Å². The summed E-state index contributed by atoms with van der Waals surface area (Å²) in [5, 5.41) is 6.29. The van der Waals surface area contributed by atoms with Crippen LogP contribution in [0.3, 0.4) is 0 Å². The van der Waals surface area contributed by atoms with Crippen molar-refractivity contribution in [1.82, 2.24) is 10.4 Å². The van der Waals surface area contributed by atoms with E-state index in [1.165, 1.54) is 7.11 Å². The van der Waals surface area contributed by atoms with E-state index in [1.807, 2.05) is 17.1 Å². The minimum Gasteiger partial charge on any atom is -0.466 e. The molecule has 1 saturated heterocycles. The van der Waals surface area contributed by atoms with Gasteiger partial charge in [0.25, 0.3) is 0 Å². The summed E-state index contributed by atoms with van der Waals surface area (Å²) in [5.41, 5.74) is 5.27. The van der Waals surface area contributed by atoms with Crippen LogP contribution in [0.5, 0.6) is 0 Å². The minimum absolute atomic E-state index is 0.382. The number of anilines is 1. The standard InChI is InChI=1S/C16H20ClN3O2S/c1-11(15(21)22-2)9-12-10-13(5-6-14(12)17)19-16(23)20-8-4-3-7-18-20/h5-6,9-10,18H,3-4,7-8H2,1-2H3,(H,19,23)/b11-9+. The molecule has 0 amide bonds. The molecular formula is C16H20ClN3O2S. The van der Waals surface area contributed by atoms with Gasteiger partial charge in [0.1, 0.15) is 0 Å². The third kappa shape index (κ3) is 4.92. The summed E-state index contributed by atoms with van der Waals surface area (Å²) in [4.78, 5) is 11.5. The number of ether oxygens (including phenoxy) is 1. The van der Waals surface area contributed by atoms with E-state index in [2.05, 4.69) is 10.7 Å². The number of hydrogen-bond acceptors (Lipinski definition) is 4. The van der Waals surface area contributed by atoms with E-state index in [0.717, 1.165) is 37.2 Å². The summed E-state index contributed by atoms with van der Waals surface area (Å²) in [6.07, 6.45) is 3.96. The predicted molar refractivity (Wildman–Crippen MR) is 97.3 cm³/mol. The number of halogens is 1. The van der Waals surface area contributed by atoms with Gasteiger partial charge in [-0.05, 0) is 61.8 Å². The van der Waals surface area contributed by atoms with Gasteiger partial charge >= 0.3 is 5.97 Å². The second kappa shape index (κ2) is 8.29. The Bertz CT molecular complexity index is 628. The number of nitrogens with zero attached hydrogens (tertiary/aromatic N) is 1. The Kier molecular flexibility index (Phi) is 6.38. The number of carbonyl (C=O) groups excluding carboxylic acids is 1. The number of esters is 1. The maximum atomic E-state index is 11.5. The van der Waals surface area contributed by atoms with Crippen molar-refractivity contribution in [2.24, 2.45) is 0 Å². The van der Waals surface area contributed by atoms with Crippen LogP contribution in [-0.4, -0.2) is 36.3 Å². The number of hydrogen-bond donors (Lipinski definition) is 2. The van der Waals surface area contributed by atoms with E-state index in [0.29, 0.717) is 15.7 Å². The molecule has 0 aromatic heterocycles. The highest BCUT2D eigenvalue weighted by atomic mass is 35.5. The molecule has 2 rings (SSSR count). The van der Waals surface area contributed by atoms with Crippen LogP contribution in [0, 0.1) is 0 Å². The first-order valence-corrected chi connectivity index (χ1v) is 8.18. The Morgan fingerprint density at radius 2 is 2.26 bits per heavy atom. The van der Waals surface area contributed by atoms with Crippen LogP contribution < -0.4 is 10.7 Å². The van der Waals surface area contributed by atoms with Gasteiger partial charge in [-0.3, -0.25) is 5.01 Å². The monoisotopic (exact) mass is 353 g/mol. The lowest BCUT2D eigenvalue weighted by molar-refractivity contribution is -0.135. The average molecular weight is 354 g/mol. The van der Waals surface area contributed by atoms with Gasteiger partial charge in [0.05, 0.1) is 7.11 Å². The molecule has 5 nitrogen and oxygen atoms in total. The summed E-state index contributed by atoms with van der Waals surface area (Å²) in [5.74, 6) is -0.382. The van der Waals surface area contributed by atoms with E-state index in [1.54, 1.807) is 19.1 Å². The van der Waals surface area contributed by atoms with Crippen molar-refractivity contribution in [3.05, 3.63) is 34.4 Å². The third-order valence-electron chi connectivity index (χ3n) is 3.48. The zero-order valence-corrected chi connectivity index (χ0v) is 14.8. The first-order valence-electron chi connectivity index (χ1n) is 7.39. The maximum Gasteiger partial charge on any atom is 0.333 e. The van der Waals surface area contributed by atoms with Gasteiger partial charge in [0.2, 0.25) is 0 Å². The van der Waals surface area contributed by atoms with Crippen molar-refractivity contribution in [2.75, 3.05) is 25.5 Å². The smallest absolute Gasteiger partial charge is 0.333 e. The van der Waals surface area contributed by atoms with E-state index in [-0.39, 0.29) is 5.97 Å². The molecule has 0 spiro atoms. The van der Waals surface area contributed by atoms with Gasteiger partial charge in [-0.2, -0.15) is 0 Å². The molecule has 2 N–H and O–H groups in total. The molecule has 1 heterocycles. The zero-order chi connectivity index (χ0) is 16.8. The number of nitrogens with one attached hydrogen (secondary N) is 2. The van der Waals surface area contributed by atoms with Crippen LogP contribution in [0.25, 0.3) is 6.08 Å². The van der Waals surface area contributed by atoms with Gasteiger partial charge in [0, 0.05) is 29.4 Å². The second-order valence-electron chi connectivity index (χ2n) is 5.25.